The molecule has 3 aromatic rings. The van der Waals surface area contributed by atoms with Gasteiger partial charge in [-0.2, -0.15) is 13.7 Å². The number of hydrogen-bond acceptors (Lipinski definition) is 5. The summed E-state index contributed by atoms with van der Waals surface area (Å²) in [5, 5.41) is 9.97. The smallest absolute Gasteiger partial charge is 0.341 e. The Morgan fingerprint density at radius 1 is 1.21 bits per heavy atom. The molecule has 0 saturated heterocycles. The molecule has 6 nitrogen and oxygen atoms in total. The van der Waals surface area contributed by atoms with Gasteiger partial charge < -0.3 is 8.75 Å². The summed E-state index contributed by atoms with van der Waals surface area (Å²) in [6, 6.07) is 15.2. The van der Waals surface area contributed by atoms with Gasteiger partial charge >= 0.3 is 16.1 Å². The topological polar surface area (TPSA) is 89.2 Å². The first-order valence-electron chi connectivity index (χ1n) is 8.91. The molecule has 1 heterocycles. The average Bonchev–Trinajstić information content (AvgIpc) is 2.92. The molecule has 1 aromatic heterocycles. The van der Waals surface area contributed by atoms with E-state index in [2.05, 4.69) is 16.8 Å². The van der Waals surface area contributed by atoms with Gasteiger partial charge in [0.15, 0.2) is 0 Å². The number of fused-ring (bicyclic) bond motifs is 1. The number of carbonyl (C=O) groups is 1. The molecule has 0 fully saturated rings. The Morgan fingerprint density at radius 3 is 2.52 bits per heavy atom. The van der Waals surface area contributed by atoms with Crippen LogP contribution in [-0.2, 0) is 25.6 Å². The van der Waals surface area contributed by atoms with E-state index in [1.54, 1.807) is 16.7 Å². The molecule has 0 atom stereocenters. The van der Waals surface area contributed by atoms with Gasteiger partial charge in [-0.3, -0.25) is 0 Å². The van der Waals surface area contributed by atoms with Crippen molar-refractivity contribution < 1.29 is 17.4 Å². The molecule has 0 aliphatic carbocycles. The molecule has 2 aromatic carbocycles. The number of hydrogen-bond donors (Lipinski definition) is 0. The van der Waals surface area contributed by atoms with Crippen LogP contribution in [-0.4, -0.2) is 24.7 Å². The molecule has 0 spiro atoms. The van der Waals surface area contributed by atoms with Crippen LogP contribution < -0.4 is 0 Å². The summed E-state index contributed by atoms with van der Waals surface area (Å²) in [5.74, 6) is -1.29. The number of aryl methyl sites for hydroxylation is 1. The Kier molecular flexibility index (Phi) is 5.57. The van der Waals surface area contributed by atoms with Crippen LogP contribution in [0.15, 0.2) is 55.1 Å². The van der Waals surface area contributed by atoms with Crippen LogP contribution in [0.4, 0.5) is 0 Å². The van der Waals surface area contributed by atoms with E-state index in [9.17, 15) is 13.2 Å². The highest BCUT2D eigenvalue weighted by Gasteiger charge is 2.21. The monoisotopic (exact) mass is 408 g/mol. The van der Waals surface area contributed by atoms with Gasteiger partial charge in [-0.05, 0) is 43.7 Å². The highest BCUT2D eigenvalue weighted by molar-refractivity contribution is 7.87. The van der Waals surface area contributed by atoms with E-state index >= 15 is 0 Å². The molecular weight excluding hydrogens is 388 g/mol. The van der Waals surface area contributed by atoms with E-state index in [1.165, 1.54) is 6.08 Å². The van der Waals surface area contributed by atoms with Gasteiger partial charge in [-0.25, -0.2) is 4.79 Å². The molecule has 0 N–H and O–H groups in total. The van der Waals surface area contributed by atoms with Crippen molar-refractivity contribution >= 4 is 27.0 Å². The number of aromatic nitrogens is 1. The first-order valence-corrected chi connectivity index (χ1v) is 10.5. The van der Waals surface area contributed by atoms with Crippen LogP contribution in [0.5, 0.6) is 0 Å². The number of rotatable bonds is 6. The van der Waals surface area contributed by atoms with E-state index in [0.717, 1.165) is 33.3 Å². The normalized spacial score (nSPS) is 11.2. The summed E-state index contributed by atoms with van der Waals surface area (Å²) in [6.45, 7) is 6.96. The zero-order valence-corrected chi connectivity index (χ0v) is 17.0. The van der Waals surface area contributed by atoms with Crippen LogP contribution in [0, 0.1) is 25.2 Å². The highest BCUT2D eigenvalue weighted by atomic mass is 32.2. The zero-order chi connectivity index (χ0) is 21.2. The minimum atomic E-state index is -3.99. The highest BCUT2D eigenvalue weighted by Crippen LogP contribution is 2.35. The van der Waals surface area contributed by atoms with Crippen LogP contribution in [0.3, 0.4) is 0 Å². The number of benzene rings is 2. The summed E-state index contributed by atoms with van der Waals surface area (Å²) in [4.78, 5) is 12.3. The molecule has 3 rings (SSSR count). The van der Waals surface area contributed by atoms with Gasteiger partial charge in [-0.1, -0.05) is 29.8 Å². The largest absolute Gasteiger partial charge is 0.344 e. The van der Waals surface area contributed by atoms with Gasteiger partial charge in [0.1, 0.15) is 12.3 Å². The SMILES string of the molecule is C=CCS(=O)(=O)OC(=O)Cn1c(C)c(-c2ccc(C#N)cc2)c2cc(C)ccc21. The molecule has 0 saturated carbocycles. The Morgan fingerprint density at radius 2 is 1.90 bits per heavy atom. The van der Waals surface area contributed by atoms with Crippen molar-refractivity contribution in [2.75, 3.05) is 5.75 Å². The maximum absolute atomic E-state index is 12.3. The predicted octanol–water partition coefficient (Wildman–Crippen LogP) is 3.86. The van der Waals surface area contributed by atoms with Crippen molar-refractivity contribution in [3.8, 4) is 17.2 Å². The third kappa shape index (κ3) is 4.23. The van der Waals surface area contributed by atoms with Crippen LogP contribution in [0.25, 0.3) is 22.0 Å². The van der Waals surface area contributed by atoms with E-state index in [1.807, 2.05) is 44.2 Å². The summed E-state index contributed by atoms with van der Waals surface area (Å²) >= 11 is 0. The number of carbonyl (C=O) groups excluding carboxylic acids is 1. The van der Waals surface area contributed by atoms with E-state index < -0.39 is 21.8 Å². The Bertz CT molecular complexity index is 1250. The Balaban J connectivity index is 2.09. The van der Waals surface area contributed by atoms with E-state index in [-0.39, 0.29) is 6.54 Å². The zero-order valence-electron chi connectivity index (χ0n) is 16.2. The van der Waals surface area contributed by atoms with Crippen molar-refractivity contribution in [1.82, 2.24) is 4.57 Å². The van der Waals surface area contributed by atoms with Crippen molar-refractivity contribution in [2.24, 2.45) is 0 Å². The Labute approximate surface area is 169 Å². The second-order valence-electron chi connectivity index (χ2n) is 6.72. The standard InChI is InChI=1S/C22H20N2O4S/c1-4-11-29(26,27)28-21(25)14-24-16(3)22(18-8-6-17(13-23)7-9-18)19-12-15(2)5-10-20(19)24/h4-10,12H,1,11,14H2,2-3H3. The van der Waals surface area contributed by atoms with Gasteiger partial charge in [0.25, 0.3) is 0 Å². The van der Waals surface area contributed by atoms with E-state index in [4.69, 9.17) is 5.26 Å². The minimum absolute atomic E-state index is 0.238. The summed E-state index contributed by atoms with van der Waals surface area (Å²) in [6.07, 6.45) is 1.17. The molecule has 29 heavy (non-hydrogen) atoms. The first-order chi connectivity index (χ1) is 13.8. The molecule has 0 aliphatic heterocycles. The lowest BCUT2D eigenvalue weighted by molar-refractivity contribution is -0.134. The van der Waals surface area contributed by atoms with Crippen LogP contribution in [0.1, 0.15) is 16.8 Å². The second-order valence-corrected chi connectivity index (χ2v) is 8.34. The number of nitrogens with zero attached hydrogens (tertiary/aromatic N) is 2. The van der Waals surface area contributed by atoms with Gasteiger partial charge in [-0.15, -0.1) is 6.58 Å². The molecule has 0 radical (unpaired) electrons. The summed E-state index contributed by atoms with van der Waals surface area (Å²) in [7, 11) is -3.99. The number of nitriles is 1. The molecule has 0 aliphatic rings. The van der Waals surface area contributed by atoms with Gasteiger partial charge in [0.2, 0.25) is 0 Å². The lowest BCUT2D eigenvalue weighted by Gasteiger charge is -2.09. The Hall–Kier alpha value is -3.37. The maximum Gasteiger partial charge on any atom is 0.341 e. The molecule has 0 amide bonds. The fourth-order valence-electron chi connectivity index (χ4n) is 3.35. The van der Waals surface area contributed by atoms with E-state index in [0.29, 0.717) is 5.56 Å². The average molecular weight is 408 g/mol. The van der Waals surface area contributed by atoms with Crippen molar-refractivity contribution in [1.29, 1.82) is 5.26 Å². The van der Waals surface area contributed by atoms with Crippen LogP contribution in [0.2, 0.25) is 0 Å². The van der Waals surface area contributed by atoms with Crippen molar-refractivity contribution in [3.63, 3.8) is 0 Å². The molecule has 148 valence electrons. The molecular formula is C22H20N2O4S. The van der Waals surface area contributed by atoms with Crippen molar-refractivity contribution in [3.05, 3.63) is 71.9 Å². The fourth-order valence-corrected chi connectivity index (χ4v) is 4.04. The second kappa shape index (κ2) is 7.94. The first kappa shape index (κ1) is 20.4. The van der Waals surface area contributed by atoms with Crippen molar-refractivity contribution in [2.45, 2.75) is 20.4 Å². The lowest BCUT2D eigenvalue weighted by atomic mass is 10.00. The summed E-state index contributed by atoms with van der Waals surface area (Å²) < 4.78 is 29.9. The van der Waals surface area contributed by atoms with Gasteiger partial charge in [0, 0.05) is 22.2 Å². The minimum Gasteiger partial charge on any atom is -0.344 e. The molecule has 0 unspecified atom stereocenters. The quantitative estimate of drug-likeness (QED) is 0.456. The van der Waals surface area contributed by atoms with Gasteiger partial charge in [0.05, 0.1) is 11.6 Å². The fraction of sp³-hybridized carbons (Fsp3) is 0.182. The van der Waals surface area contributed by atoms with Crippen LogP contribution >= 0.6 is 0 Å². The third-order valence-corrected chi connectivity index (χ3v) is 5.69. The molecule has 7 heteroatoms. The molecule has 0 bridgehead atoms. The maximum atomic E-state index is 12.3. The predicted molar refractivity (Wildman–Crippen MR) is 112 cm³/mol. The lowest BCUT2D eigenvalue weighted by Crippen LogP contribution is -2.20. The summed E-state index contributed by atoms with van der Waals surface area (Å²) in [5.41, 5.74) is 5.04. The third-order valence-electron chi connectivity index (χ3n) is 4.61.